The van der Waals surface area contributed by atoms with E-state index in [9.17, 15) is 5.11 Å². The van der Waals surface area contributed by atoms with Crippen molar-refractivity contribution in [2.75, 3.05) is 6.61 Å². The second-order valence-corrected chi connectivity index (χ2v) is 5.21. The van der Waals surface area contributed by atoms with Crippen LogP contribution in [0.25, 0.3) is 0 Å². The number of hydrogen-bond donors (Lipinski definition) is 1. The van der Waals surface area contributed by atoms with Crippen molar-refractivity contribution < 1.29 is 9.84 Å². The van der Waals surface area contributed by atoms with Gasteiger partial charge in [0.25, 0.3) is 0 Å². The highest BCUT2D eigenvalue weighted by molar-refractivity contribution is 9.10. The Morgan fingerprint density at radius 1 is 1.16 bits per heavy atom. The van der Waals surface area contributed by atoms with E-state index in [0.717, 1.165) is 26.9 Å². The lowest BCUT2D eigenvalue weighted by Crippen LogP contribution is -2.02. The molecule has 2 rings (SSSR count). The SMILES string of the molecule is CCOc1ccc(C(O)c2cccc(Br)c2C)cc1. The van der Waals surface area contributed by atoms with Crippen molar-refractivity contribution in [1.29, 1.82) is 0 Å². The first-order chi connectivity index (χ1) is 9.13. The van der Waals surface area contributed by atoms with Crippen molar-refractivity contribution in [2.45, 2.75) is 20.0 Å². The lowest BCUT2D eigenvalue weighted by molar-refractivity contribution is 0.219. The van der Waals surface area contributed by atoms with Crippen LogP contribution in [0.4, 0.5) is 0 Å². The summed E-state index contributed by atoms with van der Waals surface area (Å²) in [6.07, 6.45) is -0.617. The maximum absolute atomic E-state index is 10.5. The largest absolute Gasteiger partial charge is 0.494 e. The van der Waals surface area contributed by atoms with Gasteiger partial charge in [0.15, 0.2) is 0 Å². The molecule has 100 valence electrons. The monoisotopic (exact) mass is 320 g/mol. The Balaban J connectivity index is 2.28. The molecule has 3 heteroatoms. The van der Waals surface area contributed by atoms with Crippen LogP contribution in [-0.4, -0.2) is 11.7 Å². The Morgan fingerprint density at radius 3 is 2.47 bits per heavy atom. The molecule has 0 saturated heterocycles. The van der Waals surface area contributed by atoms with E-state index in [4.69, 9.17) is 4.74 Å². The third-order valence-electron chi connectivity index (χ3n) is 3.11. The maximum atomic E-state index is 10.5. The molecule has 0 fully saturated rings. The number of aliphatic hydroxyl groups is 1. The molecule has 0 aliphatic heterocycles. The molecule has 0 aromatic heterocycles. The summed E-state index contributed by atoms with van der Waals surface area (Å²) in [6, 6.07) is 13.4. The summed E-state index contributed by atoms with van der Waals surface area (Å²) in [4.78, 5) is 0. The van der Waals surface area contributed by atoms with Gasteiger partial charge in [-0.2, -0.15) is 0 Å². The summed E-state index contributed by atoms with van der Waals surface area (Å²) >= 11 is 3.49. The standard InChI is InChI=1S/C16H17BrO2/c1-3-19-13-9-7-12(8-10-13)16(18)14-5-4-6-15(17)11(14)2/h4-10,16,18H,3H2,1-2H3. The maximum Gasteiger partial charge on any atom is 0.119 e. The molecule has 0 amide bonds. The van der Waals surface area contributed by atoms with Crippen molar-refractivity contribution in [3.05, 3.63) is 63.6 Å². The topological polar surface area (TPSA) is 29.5 Å². The molecule has 2 aromatic carbocycles. The molecule has 1 N–H and O–H groups in total. The second-order valence-electron chi connectivity index (χ2n) is 4.36. The van der Waals surface area contributed by atoms with E-state index in [-0.39, 0.29) is 0 Å². The number of ether oxygens (including phenoxy) is 1. The fourth-order valence-corrected chi connectivity index (χ4v) is 2.39. The molecule has 0 spiro atoms. The highest BCUT2D eigenvalue weighted by Gasteiger charge is 2.14. The predicted octanol–water partition coefficient (Wildman–Crippen LogP) is 4.24. The third kappa shape index (κ3) is 3.17. The Labute approximate surface area is 122 Å². The molecular weight excluding hydrogens is 304 g/mol. The molecule has 0 bridgehead atoms. The average molecular weight is 321 g/mol. The van der Waals surface area contributed by atoms with Crippen molar-refractivity contribution in [2.24, 2.45) is 0 Å². The van der Waals surface area contributed by atoms with E-state index >= 15 is 0 Å². The van der Waals surface area contributed by atoms with Gasteiger partial charge in [-0.25, -0.2) is 0 Å². The molecule has 0 saturated carbocycles. The van der Waals surface area contributed by atoms with Gasteiger partial charge in [0, 0.05) is 4.47 Å². The number of rotatable bonds is 4. The predicted molar refractivity (Wildman–Crippen MR) is 80.6 cm³/mol. The Bertz CT molecular complexity index is 549. The highest BCUT2D eigenvalue weighted by Crippen LogP contribution is 2.29. The fraction of sp³-hybridized carbons (Fsp3) is 0.250. The van der Waals surface area contributed by atoms with E-state index in [0.29, 0.717) is 6.61 Å². The van der Waals surface area contributed by atoms with Crippen LogP contribution >= 0.6 is 15.9 Å². The lowest BCUT2D eigenvalue weighted by atomic mass is 9.97. The lowest BCUT2D eigenvalue weighted by Gasteiger charge is -2.15. The van der Waals surface area contributed by atoms with Gasteiger partial charge in [0.2, 0.25) is 0 Å². The van der Waals surface area contributed by atoms with Gasteiger partial charge in [0.1, 0.15) is 11.9 Å². The van der Waals surface area contributed by atoms with E-state index in [1.54, 1.807) is 0 Å². The number of benzene rings is 2. The summed E-state index contributed by atoms with van der Waals surface area (Å²) in [7, 11) is 0. The number of halogens is 1. The summed E-state index contributed by atoms with van der Waals surface area (Å²) in [5.74, 6) is 0.824. The second kappa shape index (κ2) is 6.22. The number of hydrogen-bond acceptors (Lipinski definition) is 2. The molecule has 1 atom stereocenters. The van der Waals surface area contributed by atoms with Crippen LogP contribution < -0.4 is 4.74 Å². The van der Waals surface area contributed by atoms with Crippen molar-refractivity contribution in [1.82, 2.24) is 0 Å². The van der Waals surface area contributed by atoms with E-state index in [2.05, 4.69) is 15.9 Å². The minimum Gasteiger partial charge on any atom is -0.494 e. The van der Waals surface area contributed by atoms with Gasteiger partial charge in [0.05, 0.1) is 6.61 Å². The molecule has 2 nitrogen and oxygen atoms in total. The van der Waals surface area contributed by atoms with Crippen LogP contribution in [0.1, 0.15) is 29.7 Å². The zero-order chi connectivity index (χ0) is 13.8. The molecule has 0 heterocycles. The first-order valence-corrected chi connectivity index (χ1v) is 7.08. The third-order valence-corrected chi connectivity index (χ3v) is 3.97. The highest BCUT2D eigenvalue weighted by atomic mass is 79.9. The van der Waals surface area contributed by atoms with Crippen LogP contribution in [0.15, 0.2) is 46.9 Å². The van der Waals surface area contributed by atoms with Crippen molar-refractivity contribution in [3.8, 4) is 5.75 Å². The van der Waals surface area contributed by atoms with Crippen molar-refractivity contribution >= 4 is 15.9 Å². The molecule has 0 radical (unpaired) electrons. The van der Waals surface area contributed by atoms with Gasteiger partial charge in [-0.3, -0.25) is 0 Å². The summed E-state index contributed by atoms with van der Waals surface area (Å²) in [5, 5.41) is 10.5. The smallest absolute Gasteiger partial charge is 0.119 e. The molecule has 0 aliphatic rings. The van der Waals surface area contributed by atoms with E-state index in [1.165, 1.54) is 0 Å². The minimum absolute atomic E-state index is 0.617. The van der Waals surface area contributed by atoms with Crippen molar-refractivity contribution in [3.63, 3.8) is 0 Å². The summed E-state index contributed by atoms with van der Waals surface area (Å²) < 4.78 is 6.41. The zero-order valence-electron chi connectivity index (χ0n) is 11.1. The quantitative estimate of drug-likeness (QED) is 0.913. The molecule has 19 heavy (non-hydrogen) atoms. The zero-order valence-corrected chi connectivity index (χ0v) is 12.6. The summed E-state index contributed by atoms with van der Waals surface area (Å²) in [6.45, 7) is 4.59. The van der Waals surface area contributed by atoms with E-state index in [1.807, 2.05) is 56.3 Å². The van der Waals surface area contributed by atoms with Crippen LogP contribution in [0, 0.1) is 6.92 Å². The molecular formula is C16H17BrO2. The molecule has 0 aliphatic carbocycles. The van der Waals surface area contributed by atoms with Gasteiger partial charge in [-0.05, 0) is 48.7 Å². The number of aliphatic hydroxyl groups excluding tert-OH is 1. The Morgan fingerprint density at radius 2 is 1.84 bits per heavy atom. The Hall–Kier alpha value is -1.32. The van der Waals surface area contributed by atoms with Gasteiger partial charge in [-0.15, -0.1) is 0 Å². The van der Waals surface area contributed by atoms with Crippen LogP contribution in [-0.2, 0) is 0 Å². The van der Waals surface area contributed by atoms with Gasteiger partial charge < -0.3 is 9.84 Å². The average Bonchev–Trinajstić information content (AvgIpc) is 2.42. The first-order valence-electron chi connectivity index (χ1n) is 6.29. The van der Waals surface area contributed by atoms with Crippen LogP contribution in [0.3, 0.4) is 0 Å². The first kappa shape index (κ1) is 14.1. The van der Waals surface area contributed by atoms with Crippen LogP contribution in [0.2, 0.25) is 0 Å². The fourth-order valence-electron chi connectivity index (χ4n) is 2.01. The minimum atomic E-state index is -0.617. The van der Waals surface area contributed by atoms with Gasteiger partial charge >= 0.3 is 0 Å². The molecule has 2 aromatic rings. The Kier molecular flexibility index (Phi) is 4.61. The summed E-state index contributed by atoms with van der Waals surface area (Å²) in [5.41, 5.74) is 2.84. The van der Waals surface area contributed by atoms with Crippen LogP contribution in [0.5, 0.6) is 5.75 Å². The normalized spacial score (nSPS) is 12.2. The molecule has 1 unspecified atom stereocenters. The van der Waals surface area contributed by atoms with E-state index < -0.39 is 6.10 Å². The van der Waals surface area contributed by atoms with Gasteiger partial charge in [-0.1, -0.05) is 40.2 Å².